The number of nitrogens with zero attached hydrogens (tertiary/aromatic N) is 1. The summed E-state index contributed by atoms with van der Waals surface area (Å²) in [6.07, 6.45) is 0.613. The smallest absolute Gasteiger partial charge is 0.321 e. The molecule has 0 bridgehead atoms. The van der Waals surface area contributed by atoms with Crippen LogP contribution in [0.4, 0.5) is 16.2 Å². The monoisotopic (exact) mass is 235 g/mol. The summed E-state index contributed by atoms with van der Waals surface area (Å²) in [7, 11) is 0. The van der Waals surface area contributed by atoms with Crippen molar-refractivity contribution in [1.82, 2.24) is 4.90 Å². The van der Waals surface area contributed by atoms with E-state index >= 15 is 0 Å². The van der Waals surface area contributed by atoms with Crippen molar-refractivity contribution in [1.29, 1.82) is 0 Å². The topological polar surface area (TPSA) is 78.6 Å². The Morgan fingerprint density at radius 1 is 1.47 bits per heavy atom. The number of aliphatic hydroxyl groups is 1. The number of anilines is 2. The lowest BCUT2D eigenvalue weighted by molar-refractivity contribution is 0.0727. The maximum Gasteiger partial charge on any atom is 0.321 e. The number of carbonyl (C=O) groups excluding carboxylic acids is 1. The van der Waals surface area contributed by atoms with Gasteiger partial charge in [-0.3, -0.25) is 0 Å². The van der Waals surface area contributed by atoms with E-state index in [9.17, 15) is 9.90 Å². The number of hydrogen-bond donors (Lipinski definition) is 3. The van der Waals surface area contributed by atoms with Gasteiger partial charge in [-0.2, -0.15) is 0 Å². The third-order valence-electron chi connectivity index (χ3n) is 2.90. The zero-order chi connectivity index (χ0) is 12.5. The molecule has 1 unspecified atom stereocenters. The summed E-state index contributed by atoms with van der Waals surface area (Å²) in [5.41, 5.74) is 6.16. The van der Waals surface area contributed by atoms with E-state index in [1.54, 1.807) is 36.1 Å². The second kappa shape index (κ2) is 4.25. The fraction of sp³-hybridized carbons (Fsp3) is 0.417. The molecule has 1 heterocycles. The molecule has 1 aromatic carbocycles. The van der Waals surface area contributed by atoms with Gasteiger partial charge in [-0.25, -0.2) is 4.79 Å². The standard InChI is InChI=1S/C12H17N3O2/c1-12(17)6-7-15(8-12)11(16)14-10-4-2-9(13)3-5-10/h2-5,17H,6-8,13H2,1H3,(H,14,16). The highest BCUT2D eigenvalue weighted by molar-refractivity contribution is 5.89. The van der Waals surface area contributed by atoms with Crippen molar-refractivity contribution in [2.45, 2.75) is 18.9 Å². The first-order chi connectivity index (χ1) is 7.96. The molecule has 1 saturated heterocycles. The van der Waals surface area contributed by atoms with Gasteiger partial charge >= 0.3 is 6.03 Å². The average Bonchev–Trinajstić information content (AvgIpc) is 2.62. The van der Waals surface area contributed by atoms with Gasteiger partial charge in [0.05, 0.1) is 12.1 Å². The van der Waals surface area contributed by atoms with Crippen molar-refractivity contribution in [3.05, 3.63) is 24.3 Å². The van der Waals surface area contributed by atoms with E-state index in [4.69, 9.17) is 5.73 Å². The molecule has 1 fully saturated rings. The first-order valence-electron chi connectivity index (χ1n) is 5.60. The Bertz CT molecular complexity index is 414. The van der Waals surface area contributed by atoms with Gasteiger partial charge in [0.15, 0.2) is 0 Å². The molecule has 5 nitrogen and oxygen atoms in total. The number of nitrogen functional groups attached to an aromatic ring is 1. The number of carbonyl (C=O) groups is 1. The van der Waals surface area contributed by atoms with Gasteiger partial charge in [-0.15, -0.1) is 0 Å². The van der Waals surface area contributed by atoms with Crippen molar-refractivity contribution in [3.63, 3.8) is 0 Å². The summed E-state index contributed by atoms with van der Waals surface area (Å²) in [6, 6.07) is 6.78. The Morgan fingerprint density at radius 2 is 2.12 bits per heavy atom. The van der Waals surface area contributed by atoms with Crippen LogP contribution in [0.3, 0.4) is 0 Å². The van der Waals surface area contributed by atoms with E-state index in [2.05, 4.69) is 5.32 Å². The van der Waals surface area contributed by atoms with Crippen molar-refractivity contribution >= 4 is 17.4 Å². The minimum atomic E-state index is -0.765. The number of rotatable bonds is 1. The number of β-amino-alcohol motifs (C(OH)–C–C–N with tert-alkyl or cyclic N) is 1. The second-order valence-electron chi connectivity index (χ2n) is 4.72. The SMILES string of the molecule is CC1(O)CCN(C(=O)Nc2ccc(N)cc2)C1. The van der Waals surface area contributed by atoms with Gasteiger partial charge < -0.3 is 21.1 Å². The number of hydrogen-bond acceptors (Lipinski definition) is 3. The predicted octanol–water partition coefficient (Wildman–Crippen LogP) is 1.26. The van der Waals surface area contributed by atoms with Gasteiger partial charge in [0.25, 0.3) is 0 Å². The molecule has 1 aliphatic rings. The molecule has 17 heavy (non-hydrogen) atoms. The van der Waals surface area contributed by atoms with Gasteiger partial charge in [0.2, 0.25) is 0 Å². The molecule has 2 rings (SSSR count). The van der Waals surface area contributed by atoms with Gasteiger partial charge in [-0.05, 0) is 37.6 Å². The van der Waals surface area contributed by atoms with Crippen LogP contribution in [0.15, 0.2) is 24.3 Å². The minimum absolute atomic E-state index is 0.187. The van der Waals surface area contributed by atoms with Crippen LogP contribution < -0.4 is 11.1 Å². The lowest BCUT2D eigenvalue weighted by Crippen LogP contribution is -2.36. The number of amides is 2. The average molecular weight is 235 g/mol. The molecule has 92 valence electrons. The molecule has 1 atom stereocenters. The Balaban J connectivity index is 1.96. The summed E-state index contributed by atoms with van der Waals surface area (Å²) >= 11 is 0. The van der Waals surface area contributed by atoms with E-state index in [1.165, 1.54) is 0 Å². The number of urea groups is 1. The second-order valence-corrected chi connectivity index (χ2v) is 4.72. The van der Waals surface area contributed by atoms with E-state index in [1.807, 2.05) is 0 Å². The molecular formula is C12H17N3O2. The molecule has 0 spiro atoms. The van der Waals surface area contributed by atoms with Crippen LogP contribution in [0, 0.1) is 0 Å². The van der Waals surface area contributed by atoms with Crippen molar-refractivity contribution in [2.24, 2.45) is 0 Å². The summed E-state index contributed by atoms with van der Waals surface area (Å²) in [5, 5.41) is 12.5. The van der Waals surface area contributed by atoms with Gasteiger partial charge in [0, 0.05) is 17.9 Å². The zero-order valence-electron chi connectivity index (χ0n) is 9.81. The van der Waals surface area contributed by atoms with Crippen LogP contribution in [-0.2, 0) is 0 Å². The van der Waals surface area contributed by atoms with Gasteiger partial charge in [-0.1, -0.05) is 0 Å². The first kappa shape index (κ1) is 11.7. The third kappa shape index (κ3) is 2.88. The van der Waals surface area contributed by atoms with Crippen LogP contribution in [-0.4, -0.2) is 34.7 Å². The van der Waals surface area contributed by atoms with Crippen LogP contribution in [0.25, 0.3) is 0 Å². The predicted molar refractivity (Wildman–Crippen MR) is 66.7 cm³/mol. The van der Waals surface area contributed by atoms with Crippen molar-refractivity contribution in [3.8, 4) is 0 Å². The number of benzene rings is 1. The minimum Gasteiger partial charge on any atom is -0.399 e. The molecule has 0 aromatic heterocycles. The molecule has 0 saturated carbocycles. The van der Waals surface area contributed by atoms with Crippen molar-refractivity contribution < 1.29 is 9.90 Å². The van der Waals surface area contributed by atoms with Crippen molar-refractivity contribution in [2.75, 3.05) is 24.1 Å². The molecule has 4 N–H and O–H groups in total. The number of likely N-dealkylation sites (tertiary alicyclic amines) is 1. The van der Waals surface area contributed by atoms with Gasteiger partial charge in [0.1, 0.15) is 0 Å². The van der Waals surface area contributed by atoms with E-state index in [0.29, 0.717) is 30.9 Å². The number of nitrogens with two attached hydrogens (primary N) is 1. The molecule has 1 aliphatic heterocycles. The maximum absolute atomic E-state index is 11.9. The molecular weight excluding hydrogens is 218 g/mol. The fourth-order valence-corrected chi connectivity index (χ4v) is 1.89. The summed E-state index contributed by atoms with van der Waals surface area (Å²) in [5.74, 6) is 0. The highest BCUT2D eigenvalue weighted by atomic mass is 16.3. The Labute approximate surface area is 100 Å². The van der Waals surface area contributed by atoms with E-state index < -0.39 is 5.60 Å². The first-order valence-corrected chi connectivity index (χ1v) is 5.60. The molecule has 0 aliphatic carbocycles. The fourth-order valence-electron chi connectivity index (χ4n) is 1.89. The maximum atomic E-state index is 11.9. The molecule has 2 amide bonds. The van der Waals surface area contributed by atoms with Crippen LogP contribution in [0.2, 0.25) is 0 Å². The normalized spacial score (nSPS) is 23.8. The largest absolute Gasteiger partial charge is 0.399 e. The lowest BCUT2D eigenvalue weighted by atomic mass is 10.1. The Kier molecular flexibility index (Phi) is 2.93. The highest BCUT2D eigenvalue weighted by Gasteiger charge is 2.33. The molecule has 5 heteroatoms. The number of nitrogens with one attached hydrogen (secondary N) is 1. The summed E-state index contributed by atoms with van der Waals surface area (Å²) < 4.78 is 0. The Morgan fingerprint density at radius 3 is 2.65 bits per heavy atom. The van der Waals surface area contributed by atoms with E-state index in [-0.39, 0.29) is 6.03 Å². The molecule has 1 aromatic rings. The lowest BCUT2D eigenvalue weighted by Gasteiger charge is -2.19. The zero-order valence-corrected chi connectivity index (χ0v) is 9.81. The van der Waals surface area contributed by atoms with E-state index in [0.717, 1.165) is 0 Å². The Hall–Kier alpha value is -1.75. The van der Waals surface area contributed by atoms with Crippen LogP contribution in [0.5, 0.6) is 0 Å². The quantitative estimate of drug-likeness (QED) is 0.641. The van der Waals surface area contributed by atoms with Crippen LogP contribution >= 0.6 is 0 Å². The third-order valence-corrected chi connectivity index (χ3v) is 2.90. The summed E-state index contributed by atoms with van der Waals surface area (Å²) in [6.45, 7) is 2.69. The summed E-state index contributed by atoms with van der Waals surface area (Å²) in [4.78, 5) is 13.5. The highest BCUT2D eigenvalue weighted by Crippen LogP contribution is 2.21. The molecule has 0 radical (unpaired) electrons. The van der Waals surface area contributed by atoms with Crippen LogP contribution in [0.1, 0.15) is 13.3 Å².